The van der Waals surface area contributed by atoms with Gasteiger partial charge in [-0.25, -0.2) is 4.98 Å². The van der Waals surface area contributed by atoms with Gasteiger partial charge in [-0.3, -0.25) is 4.79 Å². The first-order valence-electron chi connectivity index (χ1n) is 7.62. The fraction of sp³-hybridized carbons (Fsp3) is 0.500. The summed E-state index contributed by atoms with van der Waals surface area (Å²) in [6.45, 7) is 4.32. The number of aromatic nitrogens is 2. The maximum absolute atomic E-state index is 12.0. The van der Waals surface area contributed by atoms with Crippen LogP contribution in [0.2, 0.25) is 0 Å². The Morgan fingerprint density at radius 3 is 2.91 bits per heavy atom. The minimum Gasteiger partial charge on any atom is -0.455 e. The largest absolute Gasteiger partial charge is 0.455 e. The second-order valence-corrected chi connectivity index (χ2v) is 6.67. The maximum Gasteiger partial charge on any atom is 0.286 e. The van der Waals surface area contributed by atoms with Crippen molar-refractivity contribution in [2.45, 2.75) is 37.3 Å². The molecule has 0 aliphatic heterocycles. The minimum absolute atomic E-state index is 0.185. The summed E-state index contributed by atoms with van der Waals surface area (Å²) >= 11 is 1.55. The molecule has 2 N–H and O–H groups in total. The zero-order valence-electron chi connectivity index (χ0n) is 13.7. The highest BCUT2D eigenvalue weighted by Crippen LogP contribution is 2.21. The monoisotopic (exact) mass is 337 g/mol. The van der Waals surface area contributed by atoms with Gasteiger partial charge in [0.2, 0.25) is 0 Å². The van der Waals surface area contributed by atoms with Gasteiger partial charge in [-0.1, -0.05) is 25.6 Å². The summed E-state index contributed by atoms with van der Waals surface area (Å²) in [6.07, 6.45) is 3.76. The van der Waals surface area contributed by atoms with Crippen LogP contribution in [0.1, 0.15) is 36.6 Å². The zero-order chi connectivity index (χ0) is 16.8. The second-order valence-electron chi connectivity index (χ2n) is 5.73. The summed E-state index contributed by atoms with van der Waals surface area (Å²) in [5, 5.41) is 13.4. The number of nitrogens with zero attached hydrogens (tertiary/aromatic N) is 2. The number of furan rings is 1. The van der Waals surface area contributed by atoms with Gasteiger partial charge in [-0.05, 0) is 24.5 Å². The molecule has 0 spiro atoms. The first-order valence-corrected chi connectivity index (χ1v) is 8.61. The molecule has 2 aromatic rings. The molecule has 0 aliphatic carbocycles. The van der Waals surface area contributed by atoms with Crippen molar-refractivity contribution < 1.29 is 14.3 Å². The highest BCUT2D eigenvalue weighted by molar-refractivity contribution is 7.98. The fourth-order valence-electron chi connectivity index (χ4n) is 1.96. The molecule has 1 amide bonds. The van der Waals surface area contributed by atoms with E-state index in [9.17, 15) is 9.90 Å². The van der Waals surface area contributed by atoms with E-state index < -0.39 is 6.10 Å². The number of hydrogen-bond donors (Lipinski definition) is 2. The lowest BCUT2D eigenvalue weighted by molar-refractivity contribution is 0.0893. The summed E-state index contributed by atoms with van der Waals surface area (Å²) in [5.74, 6) is 1.56. The van der Waals surface area contributed by atoms with Gasteiger partial charge >= 0.3 is 0 Å². The molecule has 1 unspecified atom stereocenters. The third kappa shape index (κ3) is 5.14. The molecule has 126 valence electrons. The van der Waals surface area contributed by atoms with E-state index in [4.69, 9.17) is 4.42 Å². The highest BCUT2D eigenvalue weighted by atomic mass is 32.2. The molecule has 23 heavy (non-hydrogen) atoms. The molecule has 1 atom stereocenters. The van der Waals surface area contributed by atoms with Crippen LogP contribution in [0.25, 0.3) is 0 Å². The van der Waals surface area contributed by atoms with Gasteiger partial charge in [0, 0.05) is 26.0 Å². The number of aliphatic hydroxyl groups is 1. The Morgan fingerprint density at radius 1 is 1.48 bits per heavy atom. The first kappa shape index (κ1) is 17.6. The number of nitrogens with one attached hydrogen (secondary N) is 1. The van der Waals surface area contributed by atoms with Crippen molar-refractivity contribution in [3.05, 3.63) is 36.0 Å². The number of aliphatic hydroxyl groups excluding tert-OH is 1. The standard InChI is InChI=1S/C16H23N3O3S/c1-11(2)13(20)6-7-17-15(21)14-5-4-12(22-14)10-23-16-18-8-9-19(16)3/h4-5,8-9,11,13,20H,6-7,10H2,1-3H3,(H,17,21). The van der Waals surface area contributed by atoms with Crippen LogP contribution in [0, 0.1) is 5.92 Å². The van der Waals surface area contributed by atoms with Gasteiger partial charge in [-0.2, -0.15) is 0 Å². The second kappa shape index (κ2) is 8.21. The van der Waals surface area contributed by atoms with Gasteiger partial charge in [0.1, 0.15) is 5.76 Å². The van der Waals surface area contributed by atoms with Gasteiger partial charge < -0.3 is 19.4 Å². The molecule has 0 aliphatic rings. The fourth-order valence-corrected chi connectivity index (χ4v) is 2.78. The third-order valence-electron chi connectivity index (χ3n) is 3.50. The third-order valence-corrected chi connectivity index (χ3v) is 4.58. The minimum atomic E-state index is -0.406. The van der Waals surface area contributed by atoms with Crippen molar-refractivity contribution in [1.29, 1.82) is 0 Å². The van der Waals surface area contributed by atoms with Crippen molar-refractivity contribution >= 4 is 17.7 Å². The van der Waals surface area contributed by atoms with E-state index in [2.05, 4.69) is 10.3 Å². The van der Waals surface area contributed by atoms with Crippen molar-refractivity contribution in [2.24, 2.45) is 13.0 Å². The molecule has 6 nitrogen and oxygen atoms in total. The molecule has 0 saturated heterocycles. The van der Waals surface area contributed by atoms with E-state index in [1.165, 1.54) is 0 Å². The summed E-state index contributed by atoms with van der Waals surface area (Å²) in [7, 11) is 1.93. The van der Waals surface area contributed by atoms with Crippen molar-refractivity contribution in [2.75, 3.05) is 6.54 Å². The Kier molecular flexibility index (Phi) is 6.29. The van der Waals surface area contributed by atoms with Crippen LogP contribution in [-0.2, 0) is 12.8 Å². The average molecular weight is 337 g/mol. The topological polar surface area (TPSA) is 80.3 Å². The van der Waals surface area contributed by atoms with Crippen LogP contribution >= 0.6 is 11.8 Å². The first-order chi connectivity index (χ1) is 11.0. The number of aryl methyl sites for hydroxylation is 1. The number of hydrogen-bond acceptors (Lipinski definition) is 5. The zero-order valence-corrected chi connectivity index (χ0v) is 14.5. The Morgan fingerprint density at radius 2 is 2.26 bits per heavy atom. The van der Waals surface area contributed by atoms with Crippen molar-refractivity contribution in [3.8, 4) is 0 Å². The average Bonchev–Trinajstić information content (AvgIpc) is 3.13. The van der Waals surface area contributed by atoms with Crippen molar-refractivity contribution in [1.82, 2.24) is 14.9 Å². The number of rotatable bonds is 8. The molecule has 0 saturated carbocycles. The molecule has 2 rings (SSSR count). The lowest BCUT2D eigenvalue weighted by Gasteiger charge is -2.13. The smallest absolute Gasteiger partial charge is 0.286 e. The number of thioether (sulfide) groups is 1. The van der Waals surface area contributed by atoms with Crippen LogP contribution in [0.15, 0.2) is 34.1 Å². The molecule has 0 radical (unpaired) electrons. The quantitative estimate of drug-likeness (QED) is 0.723. The van der Waals surface area contributed by atoms with Gasteiger partial charge in [0.15, 0.2) is 10.9 Å². The number of carbonyl (C=O) groups is 1. The number of carbonyl (C=O) groups excluding carboxylic acids is 1. The van der Waals surface area contributed by atoms with E-state index in [0.717, 1.165) is 10.9 Å². The predicted octanol–water partition coefficient (Wildman–Crippen LogP) is 2.44. The summed E-state index contributed by atoms with van der Waals surface area (Å²) < 4.78 is 7.49. The molecule has 0 fully saturated rings. The van der Waals surface area contributed by atoms with E-state index in [1.807, 2.05) is 31.7 Å². The summed E-state index contributed by atoms with van der Waals surface area (Å²) in [5.41, 5.74) is 0. The Hall–Kier alpha value is -1.73. The molecule has 7 heteroatoms. The van der Waals surface area contributed by atoms with E-state index in [0.29, 0.717) is 24.5 Å². The lowest BCUT2D eigenvalue weighted by Crippen LogP contribution is -2.28. The highest BCUT2D eigenvalue weighted by Gasteiger charge is 2.13. The molecule has 0 bridgehead atoms. The van der Waals surface area contributed by atoms with E-state index in [1.54, 1.807) is 30.1 Å². The molecule has 2 heterocycles. The normalized spacial score (nSPS) is 12.6. The summed E-state index contributed by atoms with van der Waals surface area (Å²) in [4.78, 5) is 16.2. The van der Waals surface area contributed by atoms with Gasteiger partial charge in [-0.15, -0.1) is 0 Å². The van der Waals surface area contributed by atoms with Crippen LogP contribution in [-0.4, -0.2) is 33.2 Å². The SMILES string of the molecule is CC(C)C(O)CCNC(=O)c1ccc(CSc2nccn2C)o1. The molecular formula is C16H23N3O3S. The Labute approximate surface area is 140 Å². The lowest BCUT2D eigenvalue weighted by atomic mass is 10.0. The van der Waals surface area contributed by atoms with Crippen molar-refractivity contribution in [3.63, 3.8) is 0 Å². The molecule has 0 aromatic carbocycles. The van der Waals surface area contributed by atoms with Crippen LogP contribution in [0.5, 0.6) is 0 Å². The van der Waals surface area contributed by atoms with Gasteiger partial charge in [0.05, 0.1) is 11.9 Å². The number of imidazole rings is 1. The number of amides is 1. The summed E-state index contributed by atoms with van der Waals surface area (Å²) in [6, 6.07) is 3.47. The predicted molar refractivity (Wildman–Crippen MR) is 89.3 cm³/mol. The van der Waals surface area contributed by atoms with Gasteiger partial charge in [0.25, 0.3) is 5.91 Å². The maximum atomic E-state index is 12.0. The van der Waals surface area contributed by atoms with E-state index in [-0.39, 0.29) is 11.8 Å². The Bertz CT molecular complexity index is 636. The van der Waals surface area contributed by atoms with E-state index >= 15 is 0 Å². The molecular weight excluding hydrogens is 314 g/mol. The van der Waals surface area contributed by atoms with Crippen LogP contribution in [0.4, 0.5) is 0 Å². The Balaban J connectivity index is 1.79. The van der Waals surface area contributed by atoms with Crippen LogP contribution in [0.3, 0.4) is 0 Å². The van der Waals surface area contributed by atoms with Crippen LogP contribution < -0.4 is 5.32 Å². The molecule has 2 aromatic heterocycles.